The van der Waals surface area contributed by atoms with Gasteiger partial charge in [-0.15, -0.1) is 0 Å². The van der Waals surface area contributed by atoms with E-state index >= 15 is 0 Å². The molecule has 92 valence electrons. The lowest BCUT2D eigenvalue weighted by Gasteiger charge is -2.13. The third-order valence-corrected chi connectivity index (χ3v) is 2.70. The average Bonchev–Trinajstić information content (AvgIpc) is 2.40. The lowest BCUT2D eigenvalue weighted by molar-refractivity contribution is 0.100. The number of nitrogens with one attached hydrogen (secondary N) is 1. The fraction of sp³-hybridized carbons (Fsp3) is 0.0714. The van der Waals surface area contributed by atoms with Crippen molar-refractivity contribution in [2.24, 2.45) is 11.5 Å². The summed E-state index contributed by atoms with van der Waals surface area (Å²) < 4.78 is 0. The summed E-state index contributed by atoms with van der Waals surface area (Å²) in [5, 5.41) is 3.19. The molecule has 0 spiro atoms. The van der Waals surface area contributed by atoms with E-state index in [1.54, 1.807) is 12.1 Å². The van der Waals surface area contributed by atoms with Crippen LogP contribution in [0.15, 0.2) is 48.5 Å². The van der Waals surface area contributed by atoms with E-state index in [1.807, 2.05) is 36.4 Å². The van der Waals surface area contributed by atoms with E-state index in [-0.39, 0.29) is 0 Å². The Hall–Kier alpha value is -2.33. The van der Waals surface area contributed by atoms with Crippen molar-refractivity contribution >= 4 is 17.3 Å². The maximum atomic E-state index is 11.3. The van der Waals surface area contributed by atoms with E-state index in [9.17, 15) is 4.79 Å². The number of carbonyl (C=O) groups is 1. The third kappa shape index (κ3) is 2.49. The summed E-state index contributed by atoms with van der Waals surface area (Å²) in [6.07, 6.45) is 0. The van der Waals surface area contributed by atoms with E-state index < -0.39 is 5.91 Å². The molecule has 0 heterocycles. The zero-order valence-electron chi connectivity index (χ0n) is 9.89. The molecule has 0 aliphatic rings. The van der Waals surface area contributed by atoms with Crippen molar-refractivity contribution in [3.8, 4) is 0 Å². The van der Waals surface area contributed by atoms with Crippen LogP contribution >= 0.6 is 0 Å². The van der Waals surface area contributed by atoms with Gasteiger partial charge in [-0.1, -0.05) is 30.3 Å². The Bertz CT molecular complexity index is 566. The molecule has 0 fully saturated rings. The van der Waals surface area contributed by atoms with E-state index in [1.165, 1.54) is 0 Å². The molecule has 0 aromatic heterocycles. The molecular formula is C14H15N3O. The summed E-state index contributed by atoms with van der Waals surface area (Å²) in [7, 11) is 0. The van der Waals surface area contributed by atoms with Crippen molar-refractivity contribution in [3.63, 3.8) is 0 Å². The van der Waals surface area contributed by atoms with Crippen LogP contribution in [0.1, 0.15) is 15.9 Å². The molecule has 0 aliphatic heterocycles. The number of amides is 1. The second-order valence-electron chi connectivity index (χ2n) is 3.90. The number of carbonyl (C=O) groups excluding carboxylic acids is 1. The van der Waals surface area contributed by atoms with Gasteiger partial charge in [-0.05, 0) is 23.8 Å². The Morgan fingerprint density at radius 3 is 2.28 bits per heavy atom. The van der Waals surface area contributed by atoms with Crippen LogP contribution in [0.3, 0.4) is 0 Å². The first-order chi connectivity index (χ1) is 8.72. The van der Waals surface area contributed by atoms with Gasteiger partial charge in [-0.2, -0.15) is 0 Å². The van der Waals surface area contributed by atoms with Gasteiger partial charge in [0, 0.05) is 12.2 Å². The molecule has 18 heavy (non-hydrogen) atoms. The molecule has 0 aliphatic carbocycles. The molecule has 4 nitrogen and oxygen atoms in total. The molecule has 1 amide bonds. The normalized spacial score (nSPS) is 10.1. The number of hydrogen-bond acceptors (Lipinski definition) is 3. The molecule has 0 atom stereocenters. The highest BCUT2D eigenvalue weighted by molar-refractivity contribution is 5.99. The van der Waals surface area contributed by atoms with Crippen molar-refractivity contribution in [1.82, 2.24) is 0 Å². The number of rotatable bonds is 4. The van der Waals surface area contributed by atoms with Crippen LogP contribution in [0.2, 0.25) is 0 Å². The SMILES string of the molecule is NCc1ccccc1Nc1ccccc1C(N)=O. The molecule has 5 N–H and O–H groups in total. The van der Waals surface area contributed by atoms with Gasteiger partial charge in [0.25, 0.3) is 5.91 Å². The smallest absolute Gasteiger partial charge is 0.250 e. The maximum Gasteiger partial charge on any atom is 0.250 e. The van der Waals surface area contributed by atoms with Crippen molar-refractivity contribution in [3.05, 3.63) is 59.7 Å². The highest BCUT2D eigenvalue weighted by Crippen LogP contribution is 2.23. The van der Waals surface area contributed by atoms with Gasteiger partial charge in [0.15, 0.2) is 0 Å². The molecule has 2 aromatic rings. The Morgan fingerprint density at radius 1 is 1.00 bits per heavy atom. The lowest BCUT2D eigenvalue weighted by Crippen LogP contribution is -2.13. The molecule has 0 bridgehead atoms. The minimum atomic E-state index is -0.455. The van der Waals surface area contributed by atoms with Crippen LogP contribution < -0.4 is 16.8 Å². The van der Waals surface area contributed by atoms with Crippen LogP contribution in [-0.4, -0.2) is 5.91 Å². The summed E-state index contributed by atoms with van der Waals surface area (Å²) in [6, 6.07) is 14.8. The second-order valence-corrected chi connectivity index (χ2v) is 3.90. The lowest BCUT2D eigenvalue weighted by atomic mass is 10.1. The molecule has 0 unspecified atom stereocenters. The van der Waals surface area contributed by atoms with Gasteiger partial charge in [0.1, 0.15) is 0 Å². The fourth-order valence-electron chi connectivity index (χ4n) is 1.77. The summed E-state index contributed by atoms with van der Waals surface area (Å²) in [5.41, 5.74) is 14.0. The number of primary amides is 1. The van der Waals surface area contributed by atoms with Gasteiger partial charge < -0.3 is 16.8 Å². The van der Waals surface area contributed by atoms with Crippen LogP contribution in [0, 0.1) is 0 Å². The summed E-state index contributed by atoms with van der Waals surface area (Å²) in [6.45, 7) is 0.432. The van der Waals surface area contributed by atoms with Crippen LogP contribution in [0.5, 0.6) is 0 Å². The largest absolute Gasteiger partial charge is 0.366 e. The Labute approximate surface area is 106 Å². The van der Waals surface area contributed by atoms with E-state index in [4.69, 9.17) is 11.5 Å². The number of para-hydroxylation sites is 2. The van der Waals surface area contributed by atoms with E-state index in [0.717, 1.165) is 11.3 Å². The van der Waals surface area contributed by atoms with Crippen molar-refractivity contribution < 1.29 is 4.79 Å². The maximum absolute atomic E-state index is 11.3. The fourth-order valence-corrected chi connectivity index (χ4v) is 1.77. The van der Waals surface area contributed by atoms with Gasteiger partial charge >= 0.3 is 0 Å². The van der Waals surface area contributed by atoms with Crippen molar-refractivity contribution in [2.75, 3.05) is 5.32 Å². The van der Waals surface area contributed by atoms with Gasteiger partial charge in [-0.25, -0.2) is 0 Å². The monoisotopic (exact) mass is 241 g/mol. The van der Waals surface area contributed by atoms with Gasteiger partial charge in [-0.3, -0.25) is 4.79 Å². The predicted molar refractivity (Wildman–Crippen MR) is 72.6 cm³/mol. The second kappa shape index (κ2) is 5.33. The minimum absolute atomic E-state index is 0.432. The summed E-state index contributed by atoms with van der Waals surface area (Å²) in [5.74, 6) is -0.455. The molecular weight excluding hydrogens is 226 g/mol. The first-order valence-corrected chi connectivity index (χ1v) is 5.66. The predicted octanol–water partition coefficient (Wildman–Crippen LogP) is 1.99. The molecule has 4 heteroatoms. The quantitative estimate of drug-likeness (QED) is 0.765. The van der Waals surface area contributed by atoms with Crippen LogP contribution in [0.25, 0.3) is 0 Å². The highest BCUT2D eigenvalue weighted by Gasteiger charge is 2.08. The molecule has 0 saturated heterocycles. The minimum Gasteiger partial charge on any atom is -0.366 e. The van der Waals surface area contributed by atoms with E-state index in [2.05, 4.69) is 5.32 Å². The standard InChI is InChI=1S/C14H15N3O/c15-9-10-5-1-3-7-12(10)17-13-8-4-2-6-11(13)14(16)18/h1-8,17H,9,15H2,(H2,16,18). The van der Waals surface area contributed by atoms with Crippen LogP contribution in [-0.2, 0) is 6.54 Å². The topological polar surface area (TPSA) is 81.1 Å². The van der Waals surface area contributed by atoms with Crippen LogP contribution in [0.4, 0.5) is 11.4 Å². The summed E-state index contributed by atoms with van der Waals surface area (Å²) >= 11 is 0. The molecule has 0 saturated carbocycles. The zero-order valence-corrected chi connectivity index (χ0v) is 9.89. The van der Waals surface area contributed by atoms with Gasteiger partial charge in [0.2, 0.25) is 0 Å². The Balaban J connectivity index is 2.37. The van der Waals surface area contributed by atoms with Gasteiger partial charge in [0.05, 0.1) is 11.3 Å². The first kappa shape index (κ1) is 12.1. The summed E-state index contributed by atoms with van der Waals surface area (Å²) in [4.78, 5) is 11.3. The van der Waals surface area contributed by atoms with Crippen molar-refractivity contribution in [2.45, 2.75) is 6.54 Å². The molecule has 2 rings (SSSR count). The number of nitrogens with two attached hydrogens (primary N) is 2. The third-order valence-electron chi connectivity index (χ3n) is 2.70. The zero-order chi connectivity index (χ0) is 13.0. The average molecular weight is 241 g/mol. The number of anilines is 2. The number of benzene rings is 2. The number of hydrogen-bond donors (Lipinski definition) is 3. The van der Waals surface area contributed by atoms with E-state index in [0.29, 0.717) is 17.8 Å². The Morgan fingerprint density at radius 2 is 1.61 bits per heavy atom. The van der Waals surface area contributed by atoms with Crippen molar-refractivity contribution in [1.29, 1.82) is 0 Å². The Kier molecular flexibility index (Phi) is 3.60. The first-order valence-electron chi connectivity index (χ1n) is 5.66. The highest BCUT2D eigenvalue weighted by atomic mass is 16.1. The molecule has 2 aromatic carbocycles. The molecule has 0 radical (unpaired) electrons.